The minimum atomic E-state index is -3.54. The fourth-order valence-corrected chi connectivity index (χ4v) is 5.93. The molecule has 6 nitrogen and oxygen atoms in total. The lowest BCUT2D eigenvalue weighted by Gasteiger charge is -2.34. The van der Waals surface area contributed by atoms with Gasteiger partial charge in [-0.3, -0.25) is 4.79 Å². The summed E-state index contributed by atoms with van der Waals surface area (Å²) in [4.78, 5) is 15.0. The number of fused-ring (bicyclic) bond motifs is 1. The van der Waals surface area contributed by atoms with E-state index in [0.717, 1.165) is 30.5 Å². The van der Waals surface area contributed by atoms with Crippen LogP contribution in [0.15, 0.2) is 71.9 Å². The first-order chi connectivity index (χ1) is 15.0. The lowest BCUT2D eigenvalue weighted by atomic mass is 10.1. The molecule has 5 rings (SSSR count). The van der Waals surface area contributed by atoms with Crippen LogP contribution in [0.3, 0.4) is 0 Å². The molecular weight excluding hydrogens is 410 g/mol. The molecule has 1 aliphatic heterocycles. The van der Waals surface area contributed by atoms with Gasteiger partial charge in [-0.2, -0.15) is 4.31 Å². The molecule has 1 aromatic heterocycles. The Morgan fingerprint density at radius 3 is 2.19 bits per heavy atom. The number of rotatable bonds is 4. The fourth-order valence-electron chi connectivity index (χ4n) is 4.45. The Balaban J connectivity index is 1.25. The number of carbonyl (C=O) groups excluding carboxylic acids is 1. The molecule has 0 atom stereocenters. The Kier molecular flexibility index (Phi) is 5.16. The van der Waals surface area contributed by atoms with Crippen LogP contribution in [0.4, 0.5) is 0 Å². The molecule has 7 heteroatoms. The van der Waals surface area contributed by atoms with Crippen molar-refractivity contribution >= 4 is 15.9 Å². The summed E-state index contributed by atoms with van der Waals surface area (Å²) in [6, 6.07) is 16.9. The van der Waals surface area contributed by atoms with E-state index in [1.807, 2.05) is 65.5 Å². The molecule has 2 aliphatic rings. The number of hydrogen-bond acceptors (Lipinski definition) is 3. The predicted octanol–water partition coefficient (Wildman–Crippen LogP) is 3.11. The highest BCUT2D eigenvalue weighted by atomic mass is 32.2. The summed E-state index contributed by atoms with van der Waals surface area (Å²) in [6.07, 6.45) is 6.98. The van der Waals surface area contributed by atoms with Crippen LogP contribution >= 0.6 is 0 Å². The molecule has 2 heterocycles. The largest absolute Gasteiger partial charge is 0.336 e. The highest BCUT2D eigenvalue weighted by Gasteiger charge is 2.31. The Bertz CT molecular complexity index is 1190. The summed E-state index contributed by atoms with van der Waals surface area (Å²) in [5.74, 6) is -0.0614. The van der Waals surface area contributed by atoms with Crippen LogP contribution < -0.4 is 0 Å². The third-order valence-corrected chi connectivity index (χ3v) is 8.15. The molecule has 1 amide bonds. The number of aromatic nitrogens is 1. The minimum absolute atomic E-state index is 0.0614. The summed E-state index contributed by atoms with van der Waals surface area (Å²) >= 11 is 0. The lowest BCUT2D eigenvalue weighted by molar-refractivity contribution is 0.0698. The van der Waals surface area contributed by atoms with Crippen molar-refractivity contribution < 1.29 is 13.2 Å². The van der Waals surface area contributed by atoms with Gasteiger partial charge < -0.3 is 9.47 Å². The summed E-state index contributed by atoms with van der Waals surface area (Å²) in [7, 11) is -3.54. The van der Waals surface area contributed by atoms with Crippen molar-refractivity contribution in [2.45, 2.75) is 24.2 Å². The molecule has 0 N–H and O–H groups in total. The van der Waals surface area contributed by atoms with E-state index < -0.39 is 10.0 Å². The third kappa shape index (κ3) is 3.79. The maximum atomic E-state index is 13.1. The summed E-state index contributed by atoms with van der Waals surface area (Å²) in [5, 5.41) is 0. The normalized spacial score (nSPS) is 17.0. The Labute approximate surface area is 182 Å². The number of piperazine rings is 1. The van der Waals surface area contributed by atoms with Gasteiger partial charge >= 0.3 is 0 Å². The van der Waals surface area contributed by atoms with Gasteiger partial charge in [-0.05, 0) is 78.9 Å². The minimum Gasteiger partial charge on any atom is -0.336 e. The second kappa shape index (κ2) is 7.98. The Hall–Kier alpha value is -2.90. The zero-order valence-corrected chi connectivity index (χ0v) is 18.1. The van der Waals surface area contributed by atoms with Crippen molar-refractivity contribution in [2.24, 2.45) is 0 Å². The van der Waals surface area contributed by atoms with Crippen LogP contribution in [0.1, 0.15) is 27.9 Å². The van der Waals surface area contributed by atoms with Crippen LogP contribution in [0.25, 0.3) is 5.69 Å². The molecule has 1 aliphatic carbocycles. The molecule has 160 valence electrons. The molecule has 0 bridgehead atoms. The number of aryl methyl sites for hydroxylation is 2. The van der Waals surface area contributed by atoms with Crippen LogP contribution in [0.2, 0.25) is 0 Å². The van der Waals surface area contributed by atoms with E-state index in [2.05, 4.69) is 0 Å². The van der Waals surface area contributed by atoms with E-state index in [1.54, 1.807) is 11.0 Å². The molecule has 0 radical (unpaired) electrons. The number of nitrogens with zero attached hydrogens (tertiary/aromatic N) is 3. The monoisotopic (exact) mass is 435 g/mol. The van der Waals surface area contributed by atoms with Crippen LogP contribution in [-0.4, -0.2) is 54.3 Å². The second-order valence-corrected chi connectivity index (χ2v) is 10.1. The van der Waals surface area contributed by atoms with Gasteiger partial charge in [-0.1, -0.05) is 6.07 Å². The Morgan fingerprint density at radius 2 is 1.48 bits per heavy atom. The molecule has 3 aromatic rings. The smallest absolute Gasteiger partial charge is 0.253 e. The van der Waals surface area contributed by atoms with Crippen molar-refractivity contribution in [1.29, 1.82) is 0 Å². The maximum absolute atomic E-state index is 13.1. The number of amides is 1. The van der Waals surface area contributed by atoms with Crippen molar-refractivity contribution in [3.05, 3.63) is 83.7 Å². The topological polar surface area (TPSA) is 62.6 Å². The van der Waals surface area contributed by atoms with E-state index in [1.165, 1.54) is 9.87 Å². The third-order valence-electron chi connectivity index (χ3n) is 6.25. The highest BCUT2D eigenvalue weighted by molar-refractivity contribution is 7.89. The van der Waals surface area contributed by atoms with Crippen LogP contribution in [0.5, 0.6) is 0 Å². The summed E-state index contributed by atoms with van der Waals surface area (Å²) in [6.45, 7) is 1.41. The average Bonchev–Trinajstić information content (AvgIpc) is 3.50. The second-order valence-electron chi connectivity index (χ2n) is 8.12. The van der Waals surface area contributed by atoms with Crippen molar-refractivity contribution in [3.8, 4) is 5.69 Å². The fraction of sp³-hybridized carbons (Fsp3) is 0.292. The Morgan fingerprint density at radius 1 is 0.806 bits per heavy atom. The number of carbonyl (C=O) groups is 1. The first-order valence-corrected chi connectivity index (χ1v) is 12.1. The average molecular weight is 436 g/mol. The lowest BCUT2D eigenvalue weighted by Crippen LogP contribution is -2.50. The first-order valence-electron chi connectivity index (χ1n) is 10.7. The van der Waals surface area contributed by atoms with Gasteiger partial charge in [0.15, 0.2) is 0 Å². The van der Waals surface area contributed by atoms with Crippen molar-refractivity contribution in [3.63, 3.8) is 0 Å². The number of sulfonamides is 1. The van der Waals surface area contributed by atoms with Gasteiger partial charge in [0, 0.05) is 49.8 Å². The van der Waals surface area contributed by atoms with Crippen LogP contribution in [0, 0.1) is 0 Å². The highest BCUT2D eigenvalue weighted by Crippen LogP contribution is 2.27. The predicted molar refractivity (Wildman–Crippen MR) is 119 cm³/mol. The van der Waals surface area contributed by atoms with E-state index in [9.17, 15) is 13.2 Å². The van der Waals surface area contributed by atoms with E-state index in [0.29, 0.717) is 36.6 Å². The SMILES string of the molecule is O=C(c1ccc(-n2cccc2)cc1)N1CCN(S(=O)(=O)c2ccc3c(c2)CCC3)CC1. The molecule has 31 heavy (non-hydrogen) atoms. The molecule has 0 saturated carbocycles. The molecule has 0 unspecified atom stereocenters. The summed E-state index contributed by atoms with van der Waals surface area (Å²) < 4.78 is 29.7. The molecule has 1 fully saturated rings. The molecule has 0 spiro atoms. The van der Waals surface area contributed by atoms with E-state index in [-0.39, 0.29) is 5.91 Å². The number of benzene rings is 2. The van der Waals surface area contributed by atoms with Crippen molar-refractivity contribution in [1.82, 2.24) is 13.8 Å². The number of hydrogen-bond donors (Lipinski definition) is 0. The van der Waals surface area contributed by atoms with Gasteiger partial charge in [0.05, 0.1) is 4.90 Å². The van der Waals surface area contributed by atoms with Gasteiger partial charge in [-0.15, -0.1) is 0 Å². The standard InChI is InChI=1S/C24H25N3O3S/c28-24(20-6-9-22(10-7-20)25-12-1-2-13-25)26-14-16-27(17-15-26)31(29,30)23-11-8-19-4-3-5-21(19)18-23/h1-2,6-13,18H,3-5,14-17H2. The molecule has 2 aromatic carbocycles. The summed E-state index contributed by atoms with van der Waals surface area (Å²) in [5.41, 5.74) is 4.02. The van der Waals surface area contributed by atoms with E-state index >= 15 is 0 Å². The van der Waals surface area contributed by atoms with Gasteiger partial charge in [-0.25, -0.2) is 8.42 Å². The first kappa shape index (κ1) is 20.0. The molecular formula is C24H25N3O3S. The van der Waals surface area contributed by atoms with Gasteiger partial charge in [0.25, 0.3) is 5.91 Å². The van der Waals surface area contributed by atoms with Gasteiger partial charge in [0.1, 0.15) is 0 Å². The molecule has 1 saturated heterocycles. The van der Waals surface area contributed by atoms with E-state index in [4.69, 9.17) is 0 Å². The van der Waals surface area contributed by atoms with Crippen LogP contribution in [-0.2, 0) is 22.9 Å². The maximum Gasteiger partial charge on any atom is 0.253 e. The zero-order valence-electron chi connectivity index (χ0n) is 17.3. The quantitative estimate of drug-likeness (QED) is 0.633. The van der Waals surface area contributed by atoms with Gasteiger partial charge in [0.2, 0.25) is 10.0 Å². The zero-order chi connectivity index (χ0) is 21.4. The van der Waals surface area contributed by atoms with Crippen molar-refractivity contribution in [2.75, 3.05) is 26.2 Å².